The molecule has 11 nitrogen and oxygen atoms in total. The molecule has 0 aliphatic carbocycles. The van der Waals surface area contributed by atoms with E-state index < -0.39 is 11.7 Å². The molecule has 4 N–H and O–H groups in total. The van der Waals surface area contributed by atoms with Gasteiger partial charge in [-0.25, -0.2) is 9.78 Å². The smallest absolute Gasteiger partial charge is 0.407 e. The van der Waals surface area contributed by atoms with Crippen LogP contribution in [0.25, 0.3) is 33.7 Å². The van der Waals surface area contributed by atoms with Gasteiger partial charge in [0.15, 0.2) is 5.82 Å². The fraction of sp³-hybridized carbons (Fsp3) is 0.379. The number of carbonyl (C=O) groups is 2. The molecule has 1 saturated heterocycles. The molecule has 11 heteroatoms. The topological polar surface area (TPSA) is 137 Å². The van der Waals surface area contributed by atoms with Crippen LogP contribution in [0.2, 0.25) is 0 Å². The number of ether oxygens (including phenoxy) is 2. The maximum Gasteiger partial charge on any atom is 0.407 e. The second-order valence-electron chi connectivity index (χ2n) is 10.7. The SMILES string of the molecule is CC(C)(C)OC(=O)NCCCNC(=O)c1ccc2[nH]nc(-c3ncc(-c4cccc(N5CCOCC5)c4)[nH]3)c2c1. The number of benzene rings is 2. The van der Waals surface area contributed by atoms with Gasteiger partial charge in [-0.2, -0.15) is 5.10 Å². The van der Waals surface area contributed by atoms with E-state index in [4.69, 9.17) is 9.47 Å². The second-order valence-corrected chi connectivity index (χ2v) is 10.7. The molecule has 0 unspecified atom stereocenters. The van der Waals surface area contributed by atoms with Crippen molar-refractivity contribution < 1.29 is 19.1 Å². The highest BCUT2D eigenvalue weighted by Gasteiger charge is 2.17. The molecule has 0 bridgehead atoms. The number of alkyl carbamates (subject to hydrolysis) is 1. The second kappa shape index (κ2) is 11.8. The molecule has 0 atom stereocenters. The van der Waals surface area contributed by atoms with E-state index in [0.717, 1.165) is 54.2 Å². The highest BCUT2D eigenvalue weighted by atomic mass is 16.6. The van der Waals surface area contributed by atoms with E-state index in [1.165, 1.54) is 0 Å². The van der Waals surface area contributed by atoms with Crippen LogP contribution in [-0.4, -0.2) is 77.2 Å². The molecule has 40 heavy (non-hydrogen) atoms. The monoisotopic (exact) mass is 545 g/mol. The molecule has 2 amide bonds. The van der Waals surface area contributed by atoms with Crippen molar-refractivity contribution in [1.29, 1.82) is 0 Å². The number of carbonyl (C=O) groups excluding carboxylic acids is 2. The van der Waals surface area contributed by atoms with Crippen LogP contribution in [0.5, 0.6) is 0 Å². The average molecular weight is 546 g/mol. The van der Waals surface area contributed by atoms with Gasteiger partial charge in [0.25, 0.3) is 5.91 Å². The third-order valence-corrected chi connectivity index (χ3v) is 6.47. The summed E-state index contributed by atoms with van der Waals surface area (Å²) >= 11 is 0. The van der Waals surface area contributed by atoms with Crippen molar-refractivity contribution in [3.8, 4) is 22.8 Å². The molecule has 0 spiro atoms. The number of morpholine rings is 1. The Bertz CT molecular complexity index is 1480. The maximum atomic E-state index is 12.8. The van der Waals surface area contributed by atoms with Crippen molar-refractivity contribution in [1.82, 2.24) is 30.8 Å². The lowest BCUT2D eigenvalue weighted by Gasteiger charge is -2.29. The van der Waals surface area contributed by atoms with Gasteiger partial charge in [0.05, 0.1) is 30.6 Å². The number of imidazole rings is 1. The first-order chi connectivity index (χ1) is 19.3. The van der Waals surface area contributed by atoms with E-state index in [1.807, 2.05) is 39.0 Å². The van der Waals surface area contributed by atoms with Gasteiger partial charge in [0, 0.05) is 48.4 Å². The number of rotatable bonds is 8. The summed E-state index contributed by atoms with van der Waals surface area (Å²) in [5.74, 6) is 0.412. The third-order valence-electron chi connectivity index (χ3n) is 6.47. The summed E-state index contributed by atoms with van der Waals surface area (Å²) in [7, 11) is 0. The summed E-state index contributed by atoms with van der Waals surface area (Å²) in [6.45, 7) is 9.45. The number of hydrogen-bond acceptors (Lipinski definition) is 7. The lowest BCUT2D eigenvalue weighted by atomic mass is 10.1. The minimum atomic E-state index is -0.547. The van der Waals surface area contributed by atoms with Crippen LogP contribution in [-0.2, 0) is 9.47 Å². The molecule has 0 radical (unpaired) electrons. The van der Waals surface area contributed by atoms with E-state index in [0.29, 0.717) is 36.6 Å². The molecule has 5 rings (SSSR count). The Labute approximate surface area is 232 Å². The van der Waals surface area contributed by atoms with Crippen LogP contribution < -0.4 is 15.5 Å². The number of amides is 2. The molecule has 210 valence electrons. The van der Waals surface area contributed by atoms with Gasteiger partial charge in [-0.3, -0.25) is 9.89 Å². The Balaban J connectivity index is 1.23. The number of hydrogen-bond donors (Lipinski definition) is 4. The van der Waals surface area contributed by atoms with Crippen molar-refractivity contribution in [2.24, 2.45) is 0 Å². The summed E-state index contributed by atoms with van der Waals surface area (Å²) in [5.41, 5.74) is 4.48. The van der Waals surface area contributed by atoms with Gasteiger partial charge < -0.3 is 30.0 Å². The minimum absolute atomic E-state index is 0.202. The van der Waals surface area contributed by atoms with Crippen molar-refractivity contribution >= 4 is 28.6 Å². The van der Waals surface area contributed by atoms with E-state index >= 15 is 0 Å². The molecule has 0 saturated carbocycles. The highest BCUT2D eigenvalue weighted by Crippen LogP contribution is 2.29. The van der Waals surface area contributed by atoms with Gasteiger partial charge in [0.2, 0.25) is 0 Å². The molecule has 2 aromatic heterocycles. The normalized spacial score (nSPS) is 13.8. The number of nitrogens with zero attached hydrogens (tertiary/aromatic N) is 3. The highest BCUT2D eigenvalue weighted by molar-refractivity contribution is 6.01. The molecule has 3 heterocycles. The summed E-state index contributed by atoms with van der Waals surface area (Å²) in [4.78, 5) is 34.8. The van der Waals surface area contributed by atoms with Crippen molar-refractivity contribution in [3.05, 3.63) is 54.2 Å². The van der Waals surface area contributed by atoms with Crippen LogP contribution in [0.3, 0.4) is 0 Å². The molecule has 4 aromatic rings. The summed E-state index contributed by atoms with van der Waals surface area (Å²) in [5, 5.41) is 13.9. The average Bonchev–Trinajstić information content (AvgIpc) is 3.59. The molecule has 1 aliphatic heterocycles. The largest absolute Gasteiger partial charge is 0.444 e. The van der Waals surface area contributed by atoms with Crippen LogP contribution >= 0.6 is 0 Å². The van der Waals surface area contributed by atoms with Crippen LogP contribution in [0.1, 0.15) is 37.6 Å². The number of aromatic amines is 2. The van der Waals surface area contributed by atoms with E-state index in [9.17, 15) is 9.59 Å². The van der Waals surface area contributed by atoms with E-state index in [2.05, 4.69) is 53.9 Å². The number of nitrogens with one attached hydrogen (secondary N) is 4. The first-order valence-corrected chi connectivity index (χ1v) is 13.5. The van der Waals surface area contributed by atoms with Crippen LogP contribution in [0.15, 0.2) is 48.7 Å². The fourth-order valence-electron chi connectivity index (χ4n) is 4.51. The number of anilines is 1. The third kappa shape index (κ3) is 6.60. The zero-order valence-electron chi connectivity index (χ0n) is 23.0. The summed E-state index contributed by atoms with van der Waals surface area (Å²) in [6.07, 6.45) is 1.91. The van der Waals surface area contributed by atoms with E-state index in [1.54, 1.807) is 12.3 Å². The van der Waals surface area contributed by atoms with Crippen LogP contribution in [0.4, 0.5) is 10.5 Å². The molecule has 1 fully saturated rings. The molecular weight excluding hydrogens is 510 g/mol. The number of aromatic nitrogens is 4. The van der Waals surface area contributed by atoms with Crippen molar-refractivity contribution in [2.45, 2.75) is 32.8 Å². The number of H-pyrrole nitrogens is 2. The lowest BCUT2D eigenvalue weighted by Crippen LogP contribution is -2.36. The van der Waals surface area contributed by atoms with Gasteiger partial charge >= 0.3 is 6.09 Å². The van der Waals surface area contributed by atoms with Gasteiger partial charge in [-0.05, 0) is 57.5 Å². The van der Waals surface area contributed by atoms with Gasteiger partial charge in [0.1, 0.15) is 11.3 Å². The number of fused-ring (bicyclic) bond motifs is 1. The summed E-state index contributed by atoms with van der Waals surface area (Å²) < 4.78 is 10.7. The van der Waals surface area contributed by atoms with Crippen molar-refractivity contribution in [3.63, 3.8) is 0 Å². The molecule has 2 aromatic carbocycles. The minimum Gasteiger partial charge on any atom is -0.444 e. The lowest BCUT2D eigenvalue weighted by molar-refractivity contribution is 0.0527. The van der Waals surface area contributed by atoms with Crippen molar-refractivity contribution in [2.75, 3.05) is 44.3 Å². The Morgan fingerprint density at radius 3 is 2.67 bits per heavy atom. The predicted octanol–water partition coefficient (Wildman–Crippen LogP) is 4.10. The van der Waals surface area contributed by atoms with Gasteiger partial charge in [-0.15, -0.1) is 0 Å². The van der Waals surface area contributed by atoms with Gasteiger partial charge in [-0.1, -0.05) is 12.1 Å². The maximum absolute atomic E-state index is 12.8. The fourth-order valence-corrected chi connectivity index (χ4v) is 4.51. The Kier molecular flexibility index (Phi) is 8.01. The summed E-state index contributed by atoms with van der Waals surface area (Å²) in [6, 6.07) is 13.8. The Morgan fingerprint density at radius 2 is 1.88 bits per heavy atom. The quantitative estimate of drug-likeness (QED) is 0.245. The van der Waals surface area contributed by atoms with E-state index in [-0.39, 0.29) is 5.91 Å². The standard InChI is InChI=1S/C29H35N7O4/c1-29(2,3)40-28(38)31-11-5-10-30-27(37)20-8-9-23-22(17-20)25(35-34-23)26-32-18-24(33-26)19-6-4-7-21(16-19)36-12-14-39-15-13-36/h4,6-9,16-18H,5,10-15H2,1-3H3,(H,30,37)(H,31,38)(H,32,33)(H,34,35). The molecular formula is C29H35N7O4. The molecule has 1 aliphatic rings. The van der Waals surface area contributed by atoms with Crippen LogP contribution in [0, 0.1) is 0 Å². The Morgan fingerprint density at radius 1 is 1.07 bits per heavy atom. The zero-order chi connectivity index (χ0) is 28.1. The zero-order valence-corrected chi connectivity index (χ0v) is 23.0. The first-order valence-electron chi connectivity index (χ1n) is 13.5. The predicted molar refractivity (Wildman–Crippen MR) is 153 cm³/mol. The Hall–Kier alpha value is -4.38. The first kappa shape index (κ1) is 27.2.